The molecule has 5 nitrogen and oxygen atoms in total. The summed E-state index contributed by atoms with van der Waals surface area (Å²) in [7, 11) is 0. The molecule has 1 saturated carbocycles. The fraction of sp³-hybridized carbons (Fsp3) is 0.412. The lowest BCUT2D eigenvalue weighted by Crippen LogP contribution is -2.37. The number of aromatic nitrogens is 2. The second-order valence-electron chi connectivity index (χ2n) is 5.93. The van der Waals surface area contributed by atoms with E-state index in [-0.39, 0.29) is 0 Å². The van der Waals surface area contributed by atoms with Crippen LogP contribution in [0.5, 0.6) is 0 Å². The predicted octanol–water partition coefficient (Wildman–Crippen LogP) is 2.14. The minimum atomic E-state index is 0.548. The molecule has 0 saturated heterocycles. The highest BCUT2D eigenvalue weighted by molar-refractivity contribution is 5.77. The minimum Gasteiger partial charge on any atom is -0.370 e. The van der Waals surface area contributed by atoms with Crippen molar-refractivity contribution in [1.29, 1.82) is 0 Å². The average molecular weight is 297 g/mol. The van der Waals surface area contributed by atoms with Gasteiger partial charge in [-0.2, -0.15) is 0 Å². The van der Waals surface area contributed by atoms with Crippen molar-refractivity contribution in [3.63, 3.8) is 0 Å². The van der Waals surface area contributed by atoms with Crippen LogP contribution in [0.25, 0.3) is 0 Å². The number of benzene rings is 1. The van der Waals surface area contributed by atoms with Gasteiger partial charge < -0.3 is 15.6 Å². The molecule has 22 heavy (non-hydrogen) atoms. The highest BCUT2D eigenvalue weighted by atomic mass is 15.1. The summed E-state index contributed by atoms with van der Waals surface area (Å²) in [5.74, 6) is 1.33. The molecule has 0 bridgehead atoms. The first-order valence-electron chi connectivity index (χ1n) is 7.87. The second kappa shape index (κ2) is 7.11. The molecule has 3 rings (SSSR count). The maximum absolute atomic E-state index is 5.92. The summed E-state index contributed by atoms with van der Waals surface area (Å²) in [5.41, 5.74) is 8.34. The highest BCUT2D eigenvalue weighted by Gasteiger charge is 2.16. The third-order valence-electron chi connectivity index (χ3n) is 4.14. The summed E-state index contributed by atoms with van der Waals surface area (Å²) < 4.78 is 2.05. The zero-order valence-electron chi connectivity index (χ0n) is 12.8. The van der Waals surface area contributed by atoms with E-state index in [0.29, 0.717) is 12.5 Å². The van der Waals surface area contributed by atoms with Crippen LogP contribution in [-0.4, -0.2) is 22.1 Å². The Balaban J connectivity index is 1.52. The molecule has 0 unspecified atom stereocenters. The van der Waals surface area contributed by atoms with Crippen molar-refractivity contribution in [3.05, 3.63) is 54.1 Å². The Bertz CT molecular complexity index is 614. The van der Waals surface area contributed by atoms with E-state index in [9.17, 15) is 0 Å². The number of hydrogen-bond acceptors (Lipinski definition) is 2. The second-order valence-corrected chi connectivity index (χ2v) is 5.93. The van der Waals surface area contributed by atoms with Crippen LogP contribution in [0.15, 0.2) is 48.0 Å². The molecule has 0 spiro atoms. The van der Waals surface area contributed by atoms with E-state index in [4.69, 9.17) is 5.73 Å². The molecule has 0 aliphatic heterocycles. The molecule has 3 N–H and O–H groups in total. The molecule has 1 aliphatic carbocycles. The summed E-state index contributed by atoms with van der Waals surface area (Å²) in [6, 6.07) is 8.43. The fourth-order valence-electron chi connectivity index (χ4n) is 2.60. The van der Waals surface area contributed by atoms with E-state index in [2.05, 4.69) is 44.1 Å². The maximum Gasteiger partial charge on any atom is 0.188 e. The largest absolute Gasteiger partial charge is 0.370 e. The van der Waals surface area contributed by atoms with Gasteiger partial charge in [-0.05, 0) is 29.9 Å². The standard InChI is InChI=1S/C17H23N5/c18-17(20-10-14-3-1-4-14)21-11-15-5-2-6-16(9-15)12-22-8-7-19-13-22/h2,5-9,13-14H,1,3-4,10-12H2,(H3,18,20,21). The summed E-state index contributed by atoms with van der Waals surface area (Å²) in [4.78, 5) is 8.49. The monoisotopic (exact) mass is 297 g/mol. The van der Waals surface area contributed by atoms with Crippen molar-refractivity contribution in [2.24, 2.45) is 16.6 Å². The Hall–Kier alpha value is -2.30. The first-order valence-corrected chi connectivity index (χ1v) is 7.87. The molecule has 1 heterocycles. The van der Waals surface area contributed by atoms with Gasteiger partial charge in [-0.15, -0.1) is 0 Å². The number of hydrogen-bond donors (Lipinski definition) is 2. The molecule has 1 aromatic heterocycles. The lowest BCUT2D eigenvalue weighted by molar-refractivity contribution is 0.315. The van der Waals surface area contributed by atoms with Gasteiger partial charge >= 0.3 is 0 Å². The molecule has 2 aromatic rings. The van der Waals surface area contributed by atoms with Gasteiger partial charge in [0.15, 0.2) is 5.96 Å². The van der Waals surface area contributed by atoms with Crippen molar-refractivity contribution >= 4 is 5.96 Å². The molecule has 0 radical (unpaired) electrons. The lowest BCUT2D eigenvalue weighted by atomic mass is 9.85. The number of aliphatic imine (C=N–C) groups is 1. The van der Waals surface area contributed by atoms with Gasteiger partial charge in [0.1, 0.15) is 0 Å². The van der Waals surface area contributed by atoms with Crippen molar-refractivity contribution in [1.82, 2.24) is 14.9 Å². The fourth-order valence-corrected chi connectivity index (χ4v) is 2.60. The molecule has 116 valence electrons. The van der Waals surface area contributed by atoms with Crippen LogP contribution in [-0.2, 0) is 13.1 Å². The molecule has 1 fully saturated rings. The number of nitrogens with one attached hydrogen (secondary N) is 1. The first kappa shape index (κ1) is 14.6. The van der Waals surface area contributed by atoms with E-state index in [1.807, 2.05) is 12.5 Å². The van der Waals surface area contributed by atoms with Gasteiger partial charge in [-0.25, -0.2) is 9.98 Å². The average Bonchev–Trinajstić information content (AvgIpc) is 2.97. The van der Waals surface area contributed by atoms with Gasteiger partial charge in [0, 0.05) is 25.5 Å². The molecule has 1 aliphatic rings. The third-order valence-corrected chi connectivity index (χ3v) is 4.14. The Labute approximate surface area is 131 Å². The number of guanidine groups is 1. The van der Waals surface area contributed by atoms with Gasteiger partial charge in [0.2, 0.25) is 0 Å². The van der Waals surface area contributed by atoms with Crippen LogP contribution in [0.1, 0.15) is 30.4 Å². The van der Waals surface area contributed by atoms with E-state index < -0.39 is 0 Å². The van der Waals surface area contributed by atoms with E-state index in [1.54, 1.807) is 6.20 Å². The van der Waals surface area contributed by atoms with Gasteiger partial charge in [0.05, 0.1) is 12.9 Å². The minimum absolute atomic E-state index is 0.548. The Morgan fingerprint density at radius 2 is 2.23 bits per heavy atom. The molecular formula is C17H23N5. The smallest absolute Gasteiger partial charge is 0.188 e. The topological polar surface area (TPSA) is 68.2 Å². The van der Waals surface area contributed by atoms with Crippen LogP contribution in [0.2, 0.25) is 0 Å². The maximum atomic E-state index is 5.92. The Morgan fingerprint density at radius 3 is 2.95 bits per heavy atom. The first-order chi connectivity index (χ1) is 10.8. The van der Waals surface area contributed by atoms with E-state index in [1.165, 1.54) is 30.4 Å². The van der Waals surface area contributed by atoms with Gasteiger partial charge in [0.25, 0.3) is 0 Å². The normalized spacial score (nSPS) is 15.5. The third kappa shape index (κ3) is 4.10. The van der Waals surface area contributed by atoms with Crippen LogP contribution in [0.3, 0.4) is 0 Å². The van der Waals surface area contributed by atoms with Crippen molar-refractivity contribution in [2.45, 2.75) is 32.4 Å². The van der Waals surface area contributed by atoms with Gasteiger partial charge in [-0.1, -0.05) is 30.7 Å². The number of nitrogens with two attached hydrogens (primary N) is 1. The molecule has 5 heteroatoms. The van der Waals surface area contributed by atoms with Gasteiger partial charge in [-0.3, -0.25) is 0 Å². The zero-order chi connectivity index (χ0) is 15.2. The lowest BCUT2D eigenvalue weighted by Gasteiger charge is -2.25. The van der Waals surface area contributed by atoms with Crippen LogP contribution >= 0.6 is 0 Å². The SMILES string of the molecule is NC(=NCc1cccc(Cn2ccnc2)c1)NCC1CCC1. The van der Waals surface area contributed by atoms with Crippen molar-refractivity contribution in [2.75, 3.05) is 6.54 Å². The Kier molecular flexibility index (Phi) is 4.73. The number of rotatable bonds is 6. The van der Waals surface area contributed by atoms with E-state index >= 15 is 0 Å². The summed E-state index contributed by atoms with van der Waals surface area (Å²) in [5, 5.41) is 3.22. The summed E-state index contributed by atoms with van der Waals surface area (Å²) >= 11 is 0. The highest BCUT2D eigenvalue weighted by Crippen LogP contribution is 2.24. The zero-order valence-corrected chi connectivity index (χ0v) is 12.8. The molecule has 0 atom stereocenters. The number of nitrogens with zero attached hydrogens (tertiary/aromatic N) is 3. The van der Waals surface area contributed by atoms with Crippen LogP contribution in [0, 0.1) is 5.92 Å². The predicted molar refractivity (Wildman–Crippen MR) is 88.4 cm³/mol. The molecular weight excluding hydrogens is 274 g/mol. The summed E-state index contributed by atoms with van der Waals surface area (Å²) in [6.07, 6.45) is 9.57. The van der Waals surface area contributed by atoms with Crippen LogP contribution in [0.4, 0.5) is 0 Å². The molecule has 1 aromatic carbocycles. The molecule has 0 amide bonds. The quantitative estimate of drug-likeness (QED) is 0.634. The van der Waals surface area contributed by atoms with Crippen molar-refractivity contribution in [3.8, 4) is 0 Å². The van der Waals surface area contributed by atoms with Crippen LogP contribution < -0.4 is 11.1 Å². The van der Waals surface area contributed by atoms with Crippen molar-refractivity contribution < 1.29 is 0 Å². The summed E-state index contributed by atoms with van der Waals surface area (Å²) in [6.45, 7) is 2.39. The number of imidazole rings is 1. The Morgan fingerprint density at radius 1 is 1.36 bits per heavy atom. The van der Waals surface area contributed by atoms with E-state index in [0.717, 1.165) is 19.0 Å².